The number of nitrogens with zero attached hydrogens (tertiary/aromatic N) is 1. The lowest BCUT2D eigenvalue weighted by molar-refractivity contribution is -0.0458. The number of methoxy groups -OCH3 is 1. The minimum absolute atomic E-state index is 0.0235. The summed E-state index contributed by atoms with van der Waals surface area (Å²) in [4.78, 5) is 29.2. The van der Waals surface area contributed by atoms with Crippen LogP contribution in [0.2, 0.25) is 0 Å². The summed E-state index contributed by atoms with van der Waals surface area (Å²) in [6.07, 6.45) is -1.97. The van der Waals surface area contributed by atoms with E-state index < -0.39 is 17.8 Å². The van der Waals surface area contributed by atoms with Crippen molar-refractivity contribution in [3.63, 3.8) is 0 Å². The van der Waals surface area contributed by atoms with Gasteiger partial charge in [-0.15, -0.1) is 4.73 Å². The summed E-state index contributed by atoms with van der Waals surface area (Å²) < 4.78 is 5.28. The normalized spacial score (nSPS) is 10.5. The van der Waals surface area contributed by atoms with E-state index in [1.54, 1.807) is 24.3 Å². The summed E-state index contributed by atoms with van der Waals surface area (Å²) in [5, 5.41) is 18.3. The van der Waals surface area contributed by atoms with Crippen LogP contribution in [0.1, 0.15) is 27.9 Å². The number of ether oxygens (including phenoxy) is 1. The van der Waals surface area contributed by atoms with E-state index in [2.05, 4.69) is 4.74 Å². The standard InChI is InChI=1S/C15H15NO6/c1-21-15(20)12-8-7-11(14(18)19)13(17)16(12)22-9-10-5-3-2-4-6-10/h2-8,14,18-19H,9H2,1H3. The smallest absolute Gasteiger partial charge is 0.358 e. The predicted octanol–water partition coefficient (Wildman–Crippen LogP) is 0.247. The molecule has 2 N–H and O–H groups in total. The number of carbonyl (C=O) groups excluding carboxylic acids is 1. The van der Waals surface area contributed by atoms with Crippen molar-refractivity contribution in [2.24, 2.45) is 0 Å². The summed E-state index contributed by atoms with van der Waals surface area (Å²) in [6, 6.07) is 11.4. The van der Waals surface area contributed by atoms with Crippen molar-refractivity contribution in [1.82, 2.24) is 4.73 Å². The molecule has 1 aromatic carbocycles. The van der Waals surface area contributed by atoms with Crippen molar-refractivity contribution in [1.29, 1.82) is 0 Å². The molecule has 116 valence electrons. The van der Waals surface area contributed by atoms with Gasteiger partial charge in [0.15, 0.2) is 12.0 Å². The molecule has 0 amide bonds. The van der Waals surface area contributed by atoms with Crippen LogP contribution in [0.4, 0.5) is 0 Å². The highest BCUT2D eigenvalue weighted by molar-refractivity contribution is 5.87. The van der Waals surface area contributed by atoms with Gasteiger partial charge in [0.25, 0.3) is 5.56 Å². The molecular weight excluding hydrogens is 290 g/mol. The van der Waals surface area contributed by atoms with Crippen LogP contribution in [0.5, 0.6) is 0 Å². The fourth-order valence-corrected chi connectivity index (χ4v) is 1.83. The molecule has 0 fully saturated rings. The van der Waals surface area contributed by atoms with E-state index in [9.17, 15) is 19.8 Å². The molecule has 0 radical (unpaired) electrons. The molecule has 0 aliphatic heterocycles. The van der Waals surface area contributed by atoms with Crippen LogP contribution in [0, 0.1) is 0 Å². The second kappa shape index (κ2) is 6.88. The second-order valence-electron chi connectivity index (χ2n) is 4.40. The average Bonchev–Trinajstić information content (AvgIpc) is 2.53. The highest BCUT2D eigenvalue weighted by Crippen LogP contribution is 2.08. The lowest BCUT2D eigenvalue weighted by Crippen LogP contribution is -2.34. The number of pyridine rings is 1. The maximum Gasteiger partial charge on any atom is 0.358 e. The molecule has 0 bridgehead atoms. The lowest BCUT2D eigenvalue weighted by Gasteiger charge is -2.14. The Balaban J connectivity index is 2.39. The van der Waals surface area contributed by atoms with Gasteiger partial charge in [0.2, 0.25) is 0 Å². The monoisotopic (exact) mass is 305 g/mol. The van der Waals surface area contributed by atoms with Crippen molar-refractivity contribution < 1.29 is 24.6 Å². The number of hydrogen-bond donors (Lipinski definition) is 2. The second-order valence-corrected chi connectivity index (χ2v) is 4.40. The number of carbonyl (C=O) groups is 1. The predicted molar refractivity (Wildman–Crippen MR) is 75.9 cm³/mol. The third kappa shape index (κ3) is 3.33. The molecule has 0 aliphatic carbocycles. The highest BCUT2D eigenvalue weighted by atomic mass is 16.7. The number of aromatic nitrogens is 1. The van der Waals surface area contributed by atoms with E-state index in [4.69, 9.17) is 4.84 Å². The third-order valence-corrected chi connectivity index (χ3v) is 2.95. The van der Waals surface area contributed by atoms with Gasteiger partial charge in [-0.2, -0.15) is 0 Å². The van der Waals surface area contributed by atoms with Gasteiger partial charge < -0.3 is 19.8 Å². The molecule has 2 rings (SSSR count). The number of aliphatic hydroxyl groups is 2. The number of rotatable bonds is 5. The van der Waals surface area contributed by atoms with E-state index in [0.29, 0.717) is 4.73 Å². The Morgan fingerprint density at radius 1 is 1.18 bits per heavy atom. The maximum absolute atomic E-state index is 12.2. The first kappa shape index (κ1) is 15.7. The Kier molecular flexibility index (Phi) is 4.92. The summed E-state index contributed by atoms with van der Waals surface area (Å²) >= 11 is 0. The largest absolute Gasteiger partial charge is 0.464 e. The average molecular weight is 305 g/mol. The van der Waals surface area contributed by atoms with Gasteiger partial charge in [0.05, 0.1) is 12.7 Å². The molecule has 0 aliphatic rings. The minimum atomic E-state index is -1.97. The number of esters is 1. The zero-order chi connectivity index (χ0) is 16.1. The SMILES string of the molecule is COC(=O)c1ccc(C(O)O)c(=O)n1OCc1ccccc1. The van der Waals surface area contributed by atoms with E-state index in [1.807, 2.05) is 6.07 Å². The molecule has 22 heavy (non-hydrogen) atoms. The summed E-state index contributed by atoms with van der Waals surface area (Å²) in [5.41, 5.74) is -0.512. The molecule has 0 atom stereocenters. The quantitative estimate of drug-likeness (QED) is 0.607. The van der Waals surface area contributed by atoms with Crippen LogP contribution in [0.3, 0.4) is 0 Å². The van der Waals surface area contributed by atoms with E-state index in [0.717, 1.165) is 11.6 Å². The van der Waals surface area contributed by atoms with E-state index in [1.165, 1.54) is 13.2 Å². The molecule has 0 saturated carbocycles. The maximum atomic E-state index is 12.2. The van der Waals surface area contributed by atoms with Crippen LogP contribution in [0.15, 0.2) is 47.3 Å². The van der Waals surface area contributed by atoms with E-state index in [-0.39, 0.29) is 17.9 Å². The fraction of sp³-hybridized carbons (Fsp3) is 0.200. The van der Waals surface area contributed by atoms with Crippen LogP contribution in [0.25, 0.3) is 0 Å². The van der Waals surface area contributed by atoms with Gasteiger partial charge in [-0.1, -0.05) is 30.3 Å². The van der Waals surface area contributed by atoms with E-state index >= 15 is 0 Å². The summed E-state index contributed by atoms with van der Waals surface area (Å²) in [7, 11) is 1.17. The molecule has 0 spiro atoms. The van der Waals surface area contributed by atoms with Crippen molar-refractivity contribution in [2.45, 2.75) is 12.9 Å². The van der Waals surface area contributed by atoms with Crippen LogP contribution in [-0.4, -0.2) is 28.0 Å². The van der Waals surface area contributed by atoms with Crippen LogP contribution >= 0.6 is 0 Å². The first-order valence-corrected chi connectivity index (χ1v) is 6.42. The van der Waals surface area contributed by atoms with Crippen molar-refractivity contribution in [2.75, 3.05) is 7.11 Å². The van der Waals surface area contributed by atoms with Gasteiger partial charge in [-0.05, 0) is 17.7 Å². The first-order chi connectivity index (χ1) is 10.5. The van der Waals surface area contributed by atoms with Crippen LogP contribution < -0.4 is 10.4 Å². The molecular formula is C15H15NO6. The van der Waals surface area contributed by atoms with Gasteiger partial charge in [0, 0.05) is 0 Å². The van der Waals surface area contributed by atoms with Gasteiger partial charge >= 0.3 is 5.97 Å². The van der Waals surface area contributed by atoms with Crippen molar-refractivity contribution >= 4 is 5.97 Å². The highest BCUT2D eigenvalue weighted by Gasteiger charge is 2.19. The number of aliphatic hydroxyl groups excluding tert-OH is 1. The Labute approximate surface area is 125 Å². The fourth-order valence-electron chi connectivity index (χ4n) is 1.83. The Bertz CT molecular complexity index is 708. The van der Waals surface area contributed by atoms with Gasteiger partial charge in [-0.3, -0.25) is 4.79 Å². The van der Waals surface area contributed by atoms with Crippen molar-refractivity contribution in [3.8, 4) is 0 Å². The molecule has 0 saturated heterocycles. The molecule has 0 unspecified atom stereocenters. The molecule has 2 aromatic rings. The lowest BCUT2D eigenvalue weighted by atomic mass is 10.2. The minimum Gasteiger partial charge on any atom is -0.464 e. The Hall–Kier alpha value is -2.64. The van der Waals surface area contributed by atoms with Crippen LogP contribution in [-0.2, 0) is 11.3 Å². The zero-order valence-electron chi connectivity index (χ0n) is 11.8. The Morgan fingerprint density at radius 3 is 2.45 bits per heavy atom. The summed E-state index contributed by atoms with van der Waals surface area (Å²) in [5.74, 6) is -0.774. The number of hydrogen-bond acceptors (Lipinski definition) is 6. The zero-order valence-corrected chi connectivity index (χ0v) is 11.8. The molecule has 1 aromatic heterocycles. The number of benzene rings is 1. The first-order valence-electron chi connectivity index (χ1n) is 6.42. The molecule has 7 heteroatoms. The molecule has 1 heterocycles. The Morgan fingerprint density at radius 2 is 1.86 bits per heavy atom. The summed E-state index contributed by atoms with van der Waals surface area (Å²) in [6.45, 7) is 0.0235. The van der Waals surface area contributed by atoms with Crippen molar-refractivity contribution in [3.05, 3.63) is 69.6 Å². The third-order valence-electron chi connectivity index (χ3n) is 2.95. The van der Waals surface area contributed by atoms with Gasteiger partial charge in [0.1, 0.15) is 6.61 Å². The molecule has 7 nitrogen and oxygen atoms in total. The van der Waals surface area contributed by atoms with Gasteiger partial charge in [-0.25, -0.2) is 4.79 Å². The topological polar surface area (TPSA) is 98.0 Å².